The molecule has 4 nitrogen and oxygen atoms in total. The molecule has 0 aliphatic carbocycles. The van der Waals surface area contributed by atoms with Gasteiger partial charge in [-0.15, -0.1) is 0 Å². The van der Waals surface area contributed by atoms with E-state index in [-0.39, 0.29) is 17.9 Å². The predicted molar refractivity (Wildman–Crippen MR) is 125 cm³/mol. The van der Waals surface area contributed by atoms with Crippen LogP contribution in [0.5, 0.6) is 5.88 Å². The highest BCUT2D eigenvalue weighted by atomic mass is 16.5. The molecule has 0 fully saturated rings. The van der Waals surface area contributed by atoms with Crippen LogP contribution in [0.1, 0.15) is 48.9 Å². The van der Waals surface area contributed by atoms with Gasteiger partial charge in [0.05, 0.1) is 0 Å². The summed E-state index contributed by atoms with van der Waals surface area (Å²) >= 11 is 0. The third-order valence-electron chi connectivity index (χ3n) is 5.55. The Balaban J connectivity index is 1.79. The first-order chi connectivity index (χ1) is 14.7. The largest absolute Gasteiger partial charge is 0.462 e. The Kier molecular flexibility index (Phi) is 7.11. The van der Waals surface area contributed by atoms with Gasteiger partial charge < -0.3 is 10.1 Å². The number of amides is 1. The first-order valence-corrected chi connectivity index (χ1v) is 10.8. The van der Waals surface area contributed by atoms with Crippen LogP contribution in [0.2, 0.25) is 0 Å². The molecule has 3 rings (SSSR count). The molecule has 0 aliphatic rings. The van der Waals surface area contributed by atoms with Crippen LogP contribution in [0.25, 0.3) is 0 Å². The fourth-order valence-corrected chi connectivity index (χ4v) is 3.66. The summed E-state index contributed by atoms with van der Waals surface area (Å²) < 4.78 is 5.88. The Morgan fingerprint density at radius 3 is 2.39 bits per heavy atom. The number of aromatic nitrogens is 1. The monoisotopic (exact) mass is 416 g/mol. The minimum Gasteiger partial charge on any atom is -0.462 e. The van der Waals surface area contributed by atoms with Crippen LogP contribution in [0.15, 0.2) is 72.9 Å². The van der Waals surface area contributed by atoms with E-state index >= 15 is 0 Å². The number of rotatable bonds is 8. The van der Waals surface area contributed by atoms with E-state index in [2.05, 4.69) is 79.6 Å². The third-order valence-corrected chi connectivity index (χ3v) is 5.55. The minimum atomic E-state index is -1.04. The van der Waals surface area contributed by atoms with E-state index in [1.807, 2.05) is 12.1 Å². The number of aryl methyl sites for hydroxylation is 2. The van der Waals surface area contributed by atoms with E-state index < -0.39 is 5.60 Å². The minimum absolute atomic E-state index is 0.0813. The number of pyridine rings is 1. The Morgan fingerprint density at radius 2 is 1.74 bits per heavy atom. The molecule has 1 N–H and O–H groups in total. The van der Waals surface area contributed by atoms with Crippen molar-refractivity contribution in [3.8, 4) is 5.88 Å². The molecular weight excluding hydrogens is 384 g/mol. The fraction of sp³-hybridized carbons (Fsp3) is 0.333. The lowest BCUT2D eigenvalue weighted by Gasteiger charge is -2.30. The van der Waals surface area contributed by atoms with Gasteiger partial charge in [-0.1, -0.05) is 65.7 Å². The molecule has 1 amide bonds. The quantitative estimate of drug-likeness (QED) is 0.536. The van der Waals surface area contributed by atoms with Gasteiger partial charge >= 0.3 is 0 Å². The number of hydrogen-bond acceptors (Lipinski definition) is 3. The molecule has 0 saturated carbocycles. The third kappa shape index (κ3) is 6.17. The summed E-state index contributed by atoms with van der Waals surface area (Å²) in [4.78, 5) is 17.3. The number of nitrogens with zero attached hydrogens (tertiary/aromatic N) is 1. The molecule has 2 atom stereocenters. The van der Waals surface area contributed by atoms with Gasteiger partial charge in [0.25, 0.3) is 5.91 Å². The summed E-state index contributed by atoms with van der Waals surface area (Å²) in [6, 6.07) is 22.5. The Hall–Kier alpha value is -3.14. The van der Waals surface area contributed by atoms with Gasteiger partial charge in [0, 0.05) is 24.2 Å². The number of nitrogens with one attached hydrogen (secondary N) is 1. The van der Waals surface area contributed by atoms with Crippen molar-refractivity contribution in [2.24, 2.45) is 0 Å². The van der Waals surface area contributed by atoms with Crippen LogP contribution in [-0.2, 0) is 11.2 Å². The zero-order valence-corrected chi connectivity index (χ0v) is 19.1. The van der Waals surface area contributed by atoms with Gasteiger partial charge in [-0.25, -0.2) is 4.98 Å². The van der Waals surface area contributed by atoms with Crippen LogP contribution in [0.3, 0.4) is 0 Å². The molecule has 0 spiro atoms. The topological polar surface area (TPSA) is 51.2 Å². The van der Waals surface area contributed by atoms with Gasteiger partial charge in [-0.3, -0.25) is 4.79 Å². The first-order valence-electron chi connectivity index (χ1n) is 10.8. The average Bonchev–Trinajstić information content (AvgIpc) is 2.73. The number of ether oxygens (including phenoxy) is 1. The molecule has 2 unspecified atom stereocenters. The van der Waals surface area contributed by atoms with E-state index in [1.54, 1.807) is 26.1 Å². The SMILES string of the molecule is Cc1ccc(CC(c2cccc(C)c2)C(C)NC(=O)C(C)(C)Oc2ccccn2)cc1. The number of carbonyl (C=O) groups excluding carboxylic acids is 1. The molecule has 0 radical (unpaired) electrons. The molecule has 0 aliphatic heterocycles. The van der Waals surface area contributed by atoms with Crippen molar-refractivity contribution in [2.75, 3.05) is 0 Å². The summed E-state index contributed by atoms with van der Waals surface area (Å²) in [6.45, 7) is 9.79. The Labute approximate surface area is 185 Å². The van der Waals surface area contributed by atoms with Gasteiger partial charge in [-0.05, 0) is 58.2 Å². The number of hydrogen-bond donors (Lipinski definition) is 1. The lowest BCUT2D eigenvalue weighted by Crippen LogP contribution is -2.51. The molecule has 31 heavy (non-hydrogen) atoms. The molecule has 0 bridgehead atoms. The van der Waals surface area contributed by atoms with Gasteiger partial charge in [0.2, 0.25) is 5.88 Å². The highest BCUT2D eigenvalue weighted by molar-refractivity contribution is 5.85. The van der Waals surface area contributed by atoms with Crippen molar-refractivity contribution < 1.29 is 9.53 Å². The van der Waals surface area contributed by atoms with Crippen LogP contribution in [-0.4, -0.2) is 22.5 Å². The summed E-state index contributed by atoms with van der Waals surface area (Å²) in [5.41, 5.74) is 3.89. The van der Waals surface area contributed by atoms with Gasteiger partial charge in [0.15, 0.2) is 5.60 Å². The second-order valence-electron chi connectivity index (χ2n) is 8.75. The molecule has 1 aromatic heterocycles. The smallest absolute Gasteiger partial charge is 0.263 e. The molecule has 0 saturated heterocycles. The van der Waals surface area contributed by atoms with Crippen LogP contribution in [0.4, 0.5) is 0 Å². The van der Waals surface area contributed by atoms with Crippen molar-refractivity contribution in [1.82, 2.24) is 10.3 Å². The summed E-state index contributed by atoms with van der Waals surface area (Å²) in [5, 5.41) is 3.20. The van der Waals surface area contributed by atoms with Crippen LogP contribution >= 0.6 is 0 Å². The predicted octanol–water partition coefficient (Wildman–Crippen LogP) is 5.39. The molecular formula is C27H32N2O2. The maximum atomic E-state index is 13.1. The Morgan fingerprint density at radius 1 is 1.00 bits per heavy atom. The van der Waals surface area contributed by atoms with Crippen LogP contribution in [0, 0.1) is 13.8 Å². The highest BCUT2D eigenvalue weighted by Gasteiger charge is 2.33. The zero-order chi connectivity index (χ0) is 22.4. The summed E-state index contributed by atoms with van der Waals surface area (Å²) in [7, 11) is 0. The summed E-state index contributed by atoms with van der Waals surface area (Å²) in [5.74, 6) is 0.412. The lowest BCUT2D eigenvalue weighted by molar-refractivity contribution is -0.135. The van der Waals surface area contributed by atoms with E-state index in [0.29, 0.717) is 5.88 Å². The number of benzene rings is 2. The fourth-order valence-electron chi connectivity index (χ4n) is 3.66. The van der Waals surface area contributed by atoms with Crippen molar-refractivity contribution in [3.63, 3.8) is 0 Å². The molecule has 3 aromatic rings. The van der Waals surface area contributed by atoms with Crippen molar-refractivity contribution in [1.29, 1.82) is 0 Å². The van der Waals surface area contributed by atoms with Gasteiger partial charge in [-0.2, -0.15) is 0 Å². The van der Waals surface area contributed by atoms with Crippen molar-refractivity contribution >= 4 is 5.91 Å². The maximum absolute atomic E-state index is 13.1. The molecule has 162 valence electrons. The second kappa shape index (κ2) is 9.78. The van der Waals surface area contributed by atoms with E-state index in [1.165, 1.54) is 22.3 Å². The molecule has 1 heterocycles. The summed E-state index contributed by atoms with van der Waals surface area (Å²) in [6.07, 6.45) is 2.49. The number of carbonyl (C=O) groups is 1. The second-order valence-corrected chi connectivity index (χ2v) is 8.75. The average molecular weight is 417 g/mol. The molecule has 4 heteroatoms. The zero-order valence-electron chi connectivity index (χ0n) is 19.1. The van der Waals surface area contributed by atoms with Gasteiger partial charge in [0.1, 0.15) is 0 Å². The standard InChI is InChI=1S/C27H32N2O2/c1-19-12-14-22(15-13-19)18-24(23-10-8-9-20(2)17-23)21(3)29-26(30)27(4,5)31-25-11-6-7-16-28-25/h6-17,21,24H,18H2,1-5H3,(H,29,30). The Bertz CT molecular complexity index is 997. The van der Waals surface area contributed by atoms with Crippen LogP contribution < -0.4 is 10.1 Å². The van der Waals surface area contributed by atoms with E-state index in [4.69, 9.17) is 4.74 Å². The van der Waals surface area contributed by atoms with Crippen molar-refractivity contribution in [3.05, 3.63) is 95.2 Å². The maximum Gasteiger partial charge on any atom is 0.263 e. The molecule has 2 aromatic carbocycles. The van der Waals surface area contributed by atoms with E-state index in [9.17, 15) is 4.79 Å². The first kappa shape index (κ1) is 22.5. The normalized spacial score (nSPS) is 13.3. The lowest BCUT2D eigenvalue weighted by atomic mass is 9.85. The van der Waals surface area contributed by atoms with E-state index in [0.717, 1.165) is 6.42 Å². The van der Waals surface area contributed by atoms with Crippen molar-refractivity contribution in [2.45, 2.75) is 58.6 Å². The highest BCUT2D eigenvalue weighted by Crippen LogP contribution is 2.26.